The Hall–Kier alpha value is -1.34. The van der Waals surface area contributed by atoms with Crippen molar-refractivity contribution < 1.29 is 15.0 Å². The largest absolute Gasteiger partial charge is 0.476 e. The Morgan fingerprint density at radius 1 is 1.45 bits per heavy atom. The van der Waals surface area contributed by atoms with Gasteiger partial charge in [-0.15, -0.1) is 0 Å². The summed E-state index contributed by atoms with van der Waals surface area (Å²) in [6, 6.07) is 0. The number of nitrogens with zero attached hydrogens (tertiary/aromatic N) is 2. The number of aromatic carboxylic acids is 1. The van der Waals surface area contributed by atoms with Gasteiger partial charge in [-0.3, -0.25) is 0 Å². The van der Waals surface area contributed by atoms with E-state index in [1.807, 2.05) is 13.8 Å². The van der Waals surface area contributed by atoms with Crippen molar-refractivity contribution in [1.29, 1.82) is 0 Å². The van der Waals surface area contributed by atoms with Gasteiger partial charge >= 0.3 is 5.97 Å². The van der Waals surface area contributed by atoms with Crippen molar-refractivity contribution in [2.24, 2.45) is 0 Å². The van der Waals surface area contributed by atoms with Crippen LogP contribution in [0.3, 0.4) is 0 Å². The maximum Gasteiger partial charge on any atom is 0.356 e. The lowest BCUT2D eigenvalue weighted by Crippen LogP contribution is -2.14. The van der Waals surface area contributed by atoms with Gasteiger partial charge in [-0.2, -0.15) is 11.8 Å². The summed E-state index contributed by atoms with van der Waals surface area (Å²) in [7, 11) is 0. The molecule has 7 heteroatoms. The number of hydrogen-bond acceptors (Lipinski definition) is 6. The van der Waals surface area contributed by atoms with Crippen LogP contribution in [0, 0.1) is 0 Å². The number of aliphatic hydroxyl groups is 1. The van der Waals surface area contributed by atoms with Crippen LogP contribution in [0.2, 0.25) is 0 Å². The summed E-state index contributed by atoms with van der Waals surface area (Å²) in [6.45, 7) is 4.69. The highest BCUT2D eigenvalue weighted by Gasteiger charge is 2.15. The number of rotatable bonds is 9. The van der Waals surface area contributed by atoms with E-state index in [0.29, 0.717) is 18.1 Å². The van der Waals surface area contributed by atoms with E-state index in [4.69, 9.17) is 5.11 Å². The molecule has 0 amide bonds. The van der Waals surface area contributed by atoms with Gasteiger partial charge < -0.3 is 15.5 Å². The van der Waals surface area contributed by atoms with E-state index < -0.39 is 5.97 Å². The van der Waals surface area contributed by atoms with Gasteiger partial charge in [-0.1, -0.05) is 13.8 Å². The average Bonchev–Trinajstić information content (AvgIpc) is 2.42. The van der Waals surface area contributed by atoms with Gasteiger partial charge in [0.05, 0.1) is 11.9 Å². The highest BCUT2D eigenvalue weighted by Crippen LogP contribution is 2.16. The van der Waals surface area contributed by atoms with Crippen LogP contribution in [0.15, 0.2) is 6.20 Å². The Balaban J connectivity index is 2.58. The summed E-state index contributed by atoms with van der Waals surface area (Å²) in [4.78, 5) is 19.5. The summed E-state index contributed by atoms with van der Waals surface area (Å²) in [5.74, 6) is 1.31. The lowest BCUT2D eigenvalue weighted by molar-refractivity contribution is 0.0691. The Labute approximate surface area is 123 Å². The third kappa shape index (κ3) is 5.34. The maximum atomic E-state index is 11.2. The predicted octanol–water partition coefficient (Wildman–Crippen LogP) is 1.83. The van der Waals surface area contributed by atoms with Gasteiger partial charge in [0.15, 0.2) is 5.69 Å². The fraction of sp³-hybridized carbons (Fsp3) is 0.615. The Morgan fingerprint density at radius 3 is 2.80 bits per heavy atom. The highest BCUT2D eigenvalue weighted by atomic mass is 32.2. The molecule has 0 fully saturated rings. The van der Waals surface area contributed by atoms with Gasteiger partial charge in [-0.05, 0) is 12.2 Å². The molecular weight excluding hydrogens is 278 g/mol. The first-order chi connectivity index (χ1) is 9.56. The number of carboxylic acids is 1. The lowest BCUT2D eigenvalue weighted by Gasteiger charge is -2.11. The molecule has 0 aromatic carbocycles. The topological polar surface area (TPSA) is 95.3 Å². The number of aliphatic hydroxyl groups excluding tert-OH is 1. The van der Waals surface area contributed by atoms with E-state index in [0.717, 1.165) is 17.9 Å². The second-order valence-electron chi connectivity index (χ2n) is 4.57. The molecule has 1 aromatic rings. The molecule has 0 aliphatic rings. The summed E-state index contributed by atoms with van der Waals surface area (Å²) in [5, 5.41) is 20.9. The first-order valence-corrected chi connectivity index (χ1v) is 7.74. The molecular formula is C13H21N3O3S. The number of anilines is 1. The molecule has 20 heavy (non-hydrogen) atoms. The monoisotopic (exact) mass is 299 g/mol. The minimum absolute atomic E-state index is 0.0176. The number of hydrogen-bond donors (Lipinski definition) is 3. The summed E-state index contributed by atoms with van der Waals surface area (Å²) >= 11 is 1.71. The van der Waals surface area contributed by atoms with Crippen molar-refractivity contribution in [3.63, 3.8) is 0 Å². The van der Waals surface area contributed by atoms with Crippen LogP contribution in [-0.2, 0) is 0 Å². The van der Waals surface area contributed by atoms with Gasteiger partial charge in [0.1, 0.15) is 5.82 Å². The fourth-order valence-corrected chi connectivity index (χ4v) is 2.28. The normalized spacial score (nSPS) is 10.8. The van der Waals surface area contributed by atoms with Gasteiger partial charge in [0.25, 0.3) is 0 Å². The van der Waals surface area contributed by atoms with Crippen LogP contribution in [-0.4, -0.2) is 50.8 Å². The Bertz CT molecular complexity index is 441. The van der Waals surface area contributed by atoms with Gasteiger partial charge in [-0.25, -0.2) is 14.8 Å². The van der Waals surface area contributed by atoms with Crippen LogP contribution < -0.4 is 5.32 Å². The molecule has 0 saturated carbocycles. The maximum absolute atomic E-state index is 11.2. The molecule has 6 nitrogen and oxygen atoms in total. The standard InChI is InChI=1S/C13H21N3O3S/c1-9(2)12-15-8-10(11(16-12)13(18)19)14-4-7-20-6-3-5-17/h8-9,14,17H,3-7H2,1-2H3,(H,18,19). The zero-order valence-electron chi connectivity index (χ0n) is 11.8. The van der Waals surface area contributed by atoms with E-state index in [1.54, 1.807) is 11.8 Å². The number of aromatic nitrogens is 2. The molecule has 1 heterocycles. The van der Waals surface area contributed by atoms with E-state index >= 15 is 0 Å². The third-order valence-electron chi connectivity index (χ3n) is 2.54. The van der Waals surface area contributed by atoms with Crippen molar-refractivity contribution >= 4 is 23.4 Å². The number of carboxylic acid groups (broad SMARTS) is 1. The van der Waals surface area contributed by atoms with Crippen LogP contribution in [0.1, 0.15) is 42.5 Å². The molecule has 0 spiro atoms. The molecule has 112 valence electrons. The van der Waals surface area contributed by atoms with Crippen LogP contribution >= 0.6 is 11.8 Å². The number of carbonyl (C=O) groups is 1. The SMILES string of the molecule is CC(C)c1ncc(NCCSCCCO)c(C(=O)O)n1. The summed E-state index contributed by atoms with van der Waals surface area (Å²) in [6.07, 6.45) is 2.31. The summed E-state index contributed by atoms with van der Waals surface area (Å²) in [5.41, 5.74) is 0.466. The van der Waals surface area contributed by atoms with Crippen molar-refractivity contribution in [2.45, 2.75) is 26.2 Å². The van der Waals surface area contributed by atoms with E-state index in [2.05, 4.69) is 15.3 Å². The molecule has 0 bridgehead atoms. The quantitative estimate of drug-likeness (QED) is 0.599. The molecule has 0 aliphatic carbocycles. The first-order valence-electron chi connectivity index (χ1n) is 6.59. The lowest BCUT2D eigenvalue weighted by atomic mass is 10.2. The smallest absolute Gasteiger partial charge is 0.356 e. The first kappa shape index (κ1) is 16.7. The zero-order chi connectivity index (χ0) is 15.0. The van der Waals surface area contributed by atoms with Crippen LogP contribution in [0.4, 0.5) is 5.69 Å². The zero-order valence-corrected chi connectivity index (χ0v) is 12.6. The fourth-order valence-electron chi connectivity index (χ4n) is 1.49. The molecule has 0 aliphatic heterocycles. The van der Waals surface area contributed by atoms with Crippen molar-refractivity contribution in [3.8, 4) is 0 Å². The van der Waals surface area contributed by atoms with Crippen LogP contribution in [0.5, 0.6) is 0 Å². The predicted molar refractivity (Wildman–Crippen MR) is 80.6 cm³/mol. The molecule has 1 aromatic heterocycles. The minimum Gasteiger partial charge on any atom is -0.476 e. The van der Waals surface area contributed by atoms with Crippen LogP contribution in [0.25, 0.3) is 0 Å². The van der Waals surface area contributed by atoms with Crippen molar-refractivity contribution in [1.82, 2.24) is 9.97 Å². The number of nitrogens with one attached hydrogen (secondary N) is 1. The van der Waals surface area contributed by atoms with E-state index in [9.17, 15) is 9.90 Å². The average molecular weight is 299 g/mol. The Kier molecular flexibility index (Phi) is 7.32. The summed E-state index contributed by atoms with van der Waals surface area (Å²) < 4.78 is 0. The molecule has 1 rings (SSSR count). The van der Waals surface area contributed by atoms with E-state index in [-0.39, 0.29) is 18.2 Å². The van der Waals surface area contributed by atoms with Gasteiger partial charge in [0.2, 0.25) is 0 Å². The highest BCUT2D eigenvalue weighted by molar-refractivity contribution is 7.99. The van der Waals surface area contributed by atoms with Crippen molar-refractivity contribution in [2.75, 3.05) is 30.0 Å². The molecule has 0 atom stereocenters. The molecule has 0 unspecified atom stereocenters. The third-order valence-corrected chi connectivity index (χ3v) is 3.61. The molecule has 0 radical (unpaired) electrons. The van der Waals surface area contributed by atoms with Gasteiger partial charge in [0, 0.05) is 24.8 Å². The number of thioether (sulfide) groups is 1. The van der Waals surface area contributed by atoms with E-state index in [1.165, 1.54) is 6.20 Å². The minimum atomic E-state index is -1.05. The molecule has 0 saturated heterocycles. The van der Waals surface area contributed by atoms with Crippen molar-refractivity contribution in [3.05, 3.63) is 17.7 Å². The Morgan fingerprint density at radius 2 is 2.20 bits per heavy atom. The second kappa shape index (κ2) is 8.76. The second-order valence-corrected chi connectivity index (χ2v) is 5.79. The molecule has 3 N–H and O–H groups in total.